The van der Waals surface area contributed by atoms with Gasteiger partial charge in [-0.2, -0.15) is 0 Å². The summed E-state index contributed by atoms with van der Waals surface area (Å²) in [6, 6.07) is 0.205. The van der Waals surface area contributed by atoms with Gasteiger partial charge >= 0.3 is 0 Å². The number of aromatic nitrogens is 2. The fraction of sp³-hybridized carbons (Fsp3) is 0.579. The van der Waals surface area contributed by atoms with Crippen LogP contribution in [0.3, 0.4) is 0 Å². The van der Waals surface area contributed by atoms with Crippen LogP contribution in [-0.4, -0.2) is 34.0 Å². The minimum Gasteiger partial charge on any atom is -0.352 e. The molecule has 2 aromatic rings. The van der Waals surface area contributed by atoms with Crippen molar-refractivity contribution in [2.45, 2.75) is 65.0 Å². The highest BCUT2D eigenvalue weighted by Gasteiger charge is 2.16. The van der Waals surface area contributed by atoms with Crippen molar-refractivity contribution in [2.75, 3.05) is 6.54 Å². The van der Waals surface area contributed by atoms with Crippen LogP contribution in [0, 0.1) is 13.8 Å². The Morgan fingerprint density at radius 3 is 2.59 bits per heavy atom. The maximum atomic E-state index is 12.6. The average molecular weight is 391 g/mol. The molecule has 0 spiro atoms. The molecule has 0 saturated heterocycles. The number of thiophene rings is 1. The van der Waals surface area contributed by atoms with Crippen LogP contribution in [-0.2, 0) is 16.1 Å². The zero-order valence-corrected chi connectivity index (χ0v) is 16.7. The Bertz CT molecular complexity index is 894. The summed E-state index contributed by atoms with van der Waals surface area (Å²) in [4.78, 5) is 42.9. The molecule has 146 valence electrons. The summed E-state index contributed by atoms with van der Waals surface area (Å²) >= 11 is 1.47. The summed E-state index contributed by atoms with van der Waals surface area (Å²) in [5, 5.41) is 6.15. The molecule has 1 fully saturated rings. The molecule has 0 atom stereocenters. The number of carbonyl (C=O) groups excluding carboxylic acids is 2. The fourth-order valence-electron chi connectivity index (χ4n) is 3.47. The maximum Gasteiger partial charge on any atom is 0.262 e. The smallest absolute Gasteiger partial charge is 0.262 e. The van der Waals surface area contributed by atoms with Gasteiger partial charge in [-0.15, -0.1) is 11.3 Å². The van der Waals surface area contributed by atoms with Gasteiger partial charge in [0.2, 0.25) is 11.8 Å². The highest BCUT2D eigenvalue weighted by molar-refractivity contribution is 7.18. The first-order valence-corrected chi connectivity index (χ1v) is 10.3. The highest BCUT2D eigenvalue weighted by Crippen LogP contribution is 2.25. The van der Waals surface area contributed by atoms with E-state index in [-0.39, 0.29) is 36.5 Å². The summed E-state index contributed by atoms with van der Waals surface area (Å²) in [6.45, 7) is 3.62. The fourth-order valence-corrected chi connectivity index (χ4v) is 4.46. The van der Waals surface area contributed by atoms with Crippen molar-refractivity contribution in [3.8, 4) is 0 Å². The van der Waals surface area contributed by atoms with E-state index < -0.39 is 0 Å². The Labute approximate surface area is 162 Å². The Morgan fingerprint density at radius 1 is 1.19 bits per heavy atom. The summed E-state index contributed by atoms with van der Waals surface area (Å²) < 4.78 is 1.29. The monoisotopic (exact) mass is 390 g/mol. The van der Waals surface area contributed by atoms with Crippen molar-refractivity contribution in [1.29, 1.82) is 0 Å². The van der Waals surface area contributed by atoms with Crippen molar-refractivity contribution in [2.24, 2.45) is 0 Å². The third kappa shape index (κ3) is 4.74. The van der Waals surface area contributed by atoms with Gasteiger partial charge in [-0.25, -0.2) is 4.98 Å². The summed E-state index contributed by atoms with van der Waals surface area (Å²) in [5.41, 5.74) is 0.685. The molecule has 1 aliphatic rings. The van der Waals surface area contributed by atoms with E-state index in [0.717, 1.165) is 36.1 Å². The van der Waals surface area contributed by atoms with Gasteiger partial charge in [0.1, 0.15) is 11.4 Å². The second-order valence-corrected chi connectivity index (χ2v) is 8.38. The number of rotatable bonds is 5. The predicted molar refractivity (Wildman–Crippen MR) is 106 cm³/mol. The van der Waals surface area contributed by atoms with Crippen LogP contribution in [0.4, 0.5) is 0 Å². The molecule has 7 nitrogen and oxygen atoms in total. The number of carbonyl (C=O) groups is 2. The lowest BCUT2D eigenvalue weighted by atomic mass is 10.1. The van der Waals surface area contributed by atoms with Gasteiger partial charge in [0.05, 0.1) is 18.3 Å². The standard InChI is InChI=1S/C19H26N4O3S/c1-12-13(2)27-18-17(12)19(26)23(11-21-18)10-16(25)20-9-15(24)22-14-7-5-3-4-6-8-14/h11,14H,3-10H2,1-2H3,(H,20,25)(H,22,24). The molecule has 0 aromatic carbocycles. The lowest BCUT2D eigenvalue weighted by Gasteiger charge is -2.16. The first kappa shape index (κ1) is 19.5. The van der Waals surface area contributed by atoms with E-state index in [2.05, 4.69) is 15.6 Å². The van der Waals surface area contributed by atoms with Crippen molar-refractivity contribution >= 4 is 33.4 Å². The van der Waals surface area contributed by atoms with Crippen LogP contribution in [0.2, 0.25) is 0 Å². The van der Waals surface area contributed by atoms with E-state index >= 15 is 0 Å². The van der Waals surface area contributed by atoms with E-state index in [1.807, 2.05) is 13.8 Å². The molecule has 2 heterocycles. The van der Waals surface area contributed by atoms with Crippen LogP contribution in [0.1, 0.15) is 49.0 Å². The van der Waals surface area contributed by atoms with Crippen molar-refractivity contribution in [1.82, 2.24) is 20.2 Å². The zero-order valence-electron chi connectivity index (χ0n) is 15.8. The van der Waals surface area contributed by atoms with E-state index in [4.69, 9.17) is 0 Å². The molecule has 8 heteroatoms. The lowest BCUT2D eigenvalue weighted by molar-refractivity contribution is -0.126. The number of fused-ring (bicyclic) bond motifs is 1. The number of nitrogens with one attached hydrogen (secondary N) is 2. The highest BCUT2D eigenvalue weighted by atomic mass is 32.1. The van der Waals surface area contributed by atoms with Gasteiger partial charge < -0.3 is 10.6 Å². The number of hydrogen-bond acceptors (Lipinski definition) is 5. The van der Waals surface area contributed by atoms with Crippen molar-refractivity contribution in [3.63, 3.8) is 0 Å². The number of aryl methyl sites for hydroxylation is 2. The lowest BCUT2D eigenvalue weighted by Crippen LogP contribution is -2.43. The molecule has 3 rings (SSSR count). The molecule has 1 saturated carbocycles. The molecule has 0 bridgehead atoms. The molecule has 1 aliphatic carbocycles. The van der Waals surface area contributed by atoms with Gasteiger partial charge in [0, 0.05) is 10.9 Å². The van der Waals surface area contributed by atoms with E-state index in [0.29, 0.717) is 10.2 Å². The first-order chi connectivity index (χ1) is 13.0. The average Bonchev–Trinajstić information content (AvgIpc) is 2.80. The van der Waals surface area contributed by atoms with Gasteiger partial charge in [0.15, 0.2) is 0 Å². The van der Waals surface area contributed by atoms with Crippen LogP contribution in [0.15, 0.2) is 11.1 Å². The number of nitrogens with zero attached hydrogens (tertiary/aromatic N) is 2. The van der Waals surface area contributed by atoms with Crippen LogP contribution in [0.25, 0.3) is 10.2 Å². The zero-order chi connectivity index (χ0) is 19.4. The van der Waals surface area contributed by atoms with Gasteiger partial charge in [-0.05, 0) is 32.3 Å². The van der Waals surface area contributed by atoms with Crippen molar-refractivity contribution < 1.29 is 9.59 Å². The SMILES string of the molecule is Cc1sc2ncn(CC(=O)NCC(=O)NC3CCCCCC3)c(=O)c2c1C. The molecule has 2 N–H and O–H groups in total. The van der Waals surface area contributed by atoms with Gasteiger partial charge in [0.25, 0.3) is 5.56 Å². The quantitative estimate of drug-likeness (QED) is 0.764. The summed E-state index contributed by atoms with van der Waals surface area (Å²) in [5.74, 6) is -0.556. The normalized spacial score (nSPS) is 15.5. The number of amides is 2. The van der Waals surface area contributed by atoms with Crippen molar-refractivity contribution in [3.05, 3.63) is 27.1 Å². The molecule has 0 unspecified atom stereocenters. The predicted octanol–water partition coefficient (Wildman–Crippen LogP) is 2.03. The first-order valence-electron chi connectivity index (χ1n) is 9.47. The van der Waals surface area contributed by atoms with E-state index in [1.165, 1.54) is 35.1 Å². The van der Waals surface area contributed by atoms with Crippen LogP contribution < -0.4 is 16.2 Å². The Balaban J connectivity index is 1.55. The minimum absolute atomic E-state index is 0.0731. The maximum absolute atomic E-state index is 12.6. The topological polar surface area (TPSA) is 93.1 Å². The van der Waals surface area contributed by atoms with E-state index in [9.17, 15) is 14.4 Å². The summed E-state index contributed by atoms with van der Waals surface area (Å²) in [6.07, 6.45) is 8.11. The largest absolute Gasteiger partial charge is 0.352 e. The molecule has 27 heavy (non-hydrogen) atoms. The van der Waals surface area contributed by atoms with Gasteiger partial charge in [-0.3, -0.25) is 19.0 Å². The molecule has 0 radical (unpaired) electrons. The minimum atomic E-state index is -0.376. The third-order valence-electron chi connectivity index (χ3n) is 5.14. The Morgan fingerprint density at radius 2 is 1.89 bits per heavy atom. The third-order valence-corrected chi connectivity index (χ3v) is 6.25. The molecule has 2 aromatic heterocycles. The second-order valence-electron chi connectivity index (χ2n) is 7.17. The van der Waals surface area contributed by atoms with E-state index in [1.54, 1.807) is 0 Å². The Kier molecular flexibility index (Phi) is 6.26. The van der Waals surface area contributed by atoms with Gasteiger partial charge in [-0.1, -0.05) is 25.7 Å². The Hall–Kier alpha value is -2.22. The molecule has 0 aliphatic heterocycles. The number of hydrogen-bond donors (Lipinski definition) is 2. The molecule has 2 amide bonds. The second kappa shape index (κ2) is 8.65. The van der Waals surface area contributed by atoms with Crippen LogP contribution in [0.5, 0.6) is 0 Å². The molecular weight excluding hydrogens is 364 g/mol. The molecular formula is C19H26N4O3S. The van der Waals surface area contributed by atoms with Crippen LogP contribution >= 0.6 is 11.3 Å². The summed E-state index contributed by atoms with van der Waals surface area (Å²) in [7, 11) is 0.